The number of benzene rings is 2. The number of fused-ring (bicyclic) bond motifs is 1. The van der Waals surface area contributed by atoms with Gasteiger partial charge in [-0.3, -0.25) is 0 Å². The maximum absolute atomic E-state index is 9.18. The normalized spacial score (nSPS) is 21.7. The van der Waals surface area contributed by atoms with Gasteiger partial charge in [0.2, 0.25) is 0 Å². The number of rotatable bonds is 2. The van der Waals surface area contributed by atoms with E-state index in [4.69, 9.17) is 0 Å². The van der Waals surface area contributed by atoms with E-state index in [0.29, 0.717) is 5.75 Å². The standard InChI is InChI=1S/C13H12OS.C6H11N.2C2H6/c1-15-13-8-4-11(5-9-13)10-2-6-12(14)7-3-10;1-4-5-2-7-3-6(4)5;2*1-2/h2-9,14H,1H3;4-7H,2-3H2,1H3;2*1-2H3. The molecule has 1 aliphatic heterocycles. The number of thioether (sulfide) groups is 1. The van der Waals surface area contributed by atoms with Gasteiger partial charge in [0.1, 0.15) is 5.75 Å². The lowest BCUT2D eigenvalue weighted by molar-refractivity contribution is 0.475. The van der Waals surface area contributed by atoms with E-state index in [1.165, 1.54) is 23.5 Å². The minimum Gasteiger partial charge on any atom is -0.508 e. The van der Waals surface area contributed by atoms with Crippen LogP contribution in [0.15, 0.2) is 53.4 Å². The second kappa shape index (κ2) is 12.0. The Morgan fingerprint density at radius 2 is 1.23 bits per heavy atom. The van der Waals surface area contributed by atoms with Gasteiger partial charge >= 0.3 is 0 Å². The third kappa shape index (κ3) is 6.37. The fourth-order valence-corrected chi connectivity index (χ4v) is 3.57. The summed E-state index contributed by atoms with van der Waals surface area (Å²) in [5.74, 6) is 3.50. The molecule has 2 aromatic rings. The molecule has 1 heterocycles. The molecule has 144 valence electrons. The maximum atomic E-state index is 9.18. The Morgan fingerprint density at radius 3 is 1.58 bits per heavy atom. The topological polar surface area (TPSA) is 32.3 Å². The number of aromatic hydroxyl groups is 1. The third-order valence-electron chi connectivity index (χ3n) is 4.81. The summed E-state index contributed by atoms with van der Waals surface area (Å²) in [6, 6.07) is 15.7. The van der Waals surface area contributed by atoms with Crippen LogP contribution in [0.4, 0.5) is 0 Å². The molecule has 0 bridgehead atoms. The Bertz CT molecular complexity index is 599. The van der Waals surface area contributed by atoms with Crippen molar-refractivity contribution in [3.05, 3.63) is 48.5 Å². The van der Waals surface area contributed by atoms with Crippen molar-refractivity contribution in [1.29, 1.82) is 0 Å². The molecule has 0 radical (unpaired) electrons. The van der Waals surface area contributed by atoms with Gasteiger partial charge in [-0.15, -0.1) is 11.8 Å². The molecule has 26 heavy (non-hydrogen) atoms. The number of phenolic OH excluding ortho intramolecular Hbond substituents is 1. The Morgan fingerprint density at radius 1 is 0.808 bits per heavy atom. The molecule has 0 aromatic heterocycles. The minimum atomic E-state index is 0.305. The molecule has 2 atom stereocenters. The average Bonchev–Trinajstić information content (AvgIpc) is 3.11. The van der Waals surface area contributed by atoms with Gasteiger partial charge in [-0.25, -0.2) is 0 Å². The van der Waals surface area contributed by atoms with Crippen LogP contribution in [0.2, 0.25) is 0 Å². The lowest BCUT2D eigenvalue weighted by Gasteiger charge is -2.02. The second-order valence-corrected chi connectivity index (χ2v) is 7.00. The molecule has 2 aromatic carbocycles. The van der Waals surface area contributed by atoms with Crippen molar-refractivity contribution < 1.29 is 5.11 Å². The first-order valence-electron chi connectivity index (χ1n) is 9.83. The lowest BCUT2D eigenvalue weighted by Crippen LogP contribution is -2.13. The van der Waals surface area contributed by atoms with Crippen LogP contribution in [-0.4, -0.2) is 24.5 Å². The van der Waals surface area contributed by atoms with Gasteiger partial charge in [-0.05, 0) is 72.5 Å². The zero-order chi connectivity index (χ0) is 19.5. The van der Waals surface area contributed by atoms with E-state index in [1.807, 2.05) is 39.8 Å². The van der Waals surface area contributed by atoms with Crippen molar-refractivity contribution in [3.8, 4) is 16.9 Å². The van der Waals surface area contributed by atoms with Crippen LogP contribution in [0.25, 0.3) is 11.1 Å². The number of phenols is 1. The summed E-state index contributed by atoms with van der Waals surface area (Å²) in [6.07, 6.45) is 2.07. The van der Waals surface area contributed by atoms with Gasteiger partial charge in [0, 0.05) is 4.90 Å². The molecule has 2 nitrogen and oxygen atoms in total. The summed E-state index contributed by atoms with van der Waals surface area (Å²) in [7, 11) is 0. The van der Waals surface area contributed by atoms with Gasteiger partial charge in [-0.1, -0.05) is 58.9 Å². The van der Waals surface area contributed by atoms with Gasteiger partial charge in [-0.2, -0.15) is 0 Å². The molecule has 1 saturated carbocycles. The van der Waals surface area contributed by atoms with Crippen molar-refractivity contribution in [1.82, 2.24) is 5.32 Å². The molecular formula is C23H35NOS. The highest BCUT2D eigenvalue weighted by atomic mass is 32.2. The predicted molar refractivity (Wildman–Crippen MR) is 117 cm³/mol. The molecule has 0 amide bonds. The van der Waals surface area contributed by atoms with E-state index < -0.39 is 0 Å². The maximum Gasteiger partial charge on any atom is 0.115 e. The number of hydrogen-bond acceptors (Lipinski definition) is 3. The zero-order valence-electron chi connectivity index (χ0n) is 17.1. The van der Waals surface area contributed by atoms with E-state index in [9.17, 15) is 5.11 Å². The van der Waals surface area contributed by atoms with Crippen molar-refractivity contribution in [2.24, 2.45) is 17.8 Å². The predicted octanol–water partition coefficient (Wildman–Crippen LogP) is 6.31. The molecule has 1 aliphatic carbocycles. The molecule has 2 aliphatic rings. The highest BCUT2D eigenvalue weighted by Crippen LogP contribution is 2.47. The van der Waals surface area contributed by atoms with Gasteiger partial charge in [0.05, 0.1) is 0 Å². The van der Waals surface area contributed by atoms with Crippen LogP contribution in [0.1, 0.15) is 34.6 Å². The van der Waals surface area contributed by atoms with Gasteiger partial charge < -0.3 is 10.4 Å². The van der Waals surface area contributed by atoms with Crippen LogP contribution in [-0.2, 0) is 0 Å². The molecule has 3 heteroatoms. The average molecular weight is 374 g/mol. The number of nitrogens with one attached hydrogen (secondary N) is 1. The van der Waals surface area contributed by atoms with Gasteiger partial charge in [0.25, 0.3) is 0 Å². The van der Waals surface area contributed by atoms with Crippen molar-refractivity contribution in [3.63, 3.8) is 0 Å². The zero-order valence-corrected chi connectivity index (χ0v) is 17.9. The Hall–Kier alpha value is -1.45. The first-order valence-corrected chi connectivity index (χ1v) is 11.1. The fourth-order valence-electron chi connectivity index (χ4n) is 3.17. The highest BCUT2D eigenvalue weighted by Gasteiger charge is 2.49. The second-order valence-electron chi connectivity index (χ2n) is 6.12. The third-order valence-corrected chi connectivity index (χ3v) is 5.55. The molecule has 2 unspecified atom stereocenters. The van der Waals surface area contributed by atoms with Crippen LogP contribution in [0, 0.1) is 17.8 Å². The number of piperidine rings is 1. The molecular weight excluding hydrogens is 338 g/mol. The largest absolute Gasteiger partial charge is 0.508 e. The van der Waals surface area contributed by atoms with E-state index in [2.05, 4.69) is 42.8 Å². The smallest absolute Gasteiger partial charge is 0.115 e. The summed E-state index contributed by atoms with van der Waals surface area (Å²) in [5.41, 5.74) is 2.30. The monoisotopic (exact) mass is 373 g/mol. The van der Waals surface area contributed by atoms with Crippen molar-refractivity contribution in [2.45, 2.75) is 39.5 Å². The molecule has 2 N–H and O–H groups in total. The van der Waals surface area contributed by atoms with E-state index in [1.54, 1.807) is 23.9 Å². The van der Waals surface area contributed by atoms with E-state index in [0.717, 1.165) is 23.3 Å². The molecule has 2 fully saturated rings. The first-order chi connectivity index (χ1) is 12.7. The summed E-state index contributed by atoms with van der Waals surface area (Å²) in [6.45, 7) is 13.0. The highest BCUT2D eigenvalue weighted by molar-refractivity contribution is 7.98. The fraction of sp³-hybridized carbons (Fsp3) is 0.478. The minimum absolute atomic E-state index is 0.305. The van der Waals surface area contributed by atoms with Crippen molar-refractivity contribution >= 4 is 11.8 Å². The summed E-state index contributed by atoms with van der Waals surface area (Å²) < 4.78 is 0. The Labute approximate surface area is 164 Å². The lowest BCUT2D eigenvalue weighted by atomic mass is 10.1. The quantitative estimate of drug-likeness (QED) is 0.605. The summed E-state index contributed by atoms with van der Waals surface area (Å²) in [5, 5.41) is 12.5. The number of hydrogen-bond donors (Lipinski definition) is 2. The van der Waals surface area contributed by atoms with E-state index in [-0.39, 0.29) is 0 Å². The Kier molecular flexibility index (Phi) is 10.5. The van der Waals surface area contributed by atoms with Gasteiger partial charge in [0.15, 0.2) is 0 Å². The molecule has 4 rings (SSSR count). The van der Waals surface area contributed by atoms with Crippen molar-refractivity contribution in [2.75, 3.05) is 19.3 Å². The molecule has 1 saturated heterocycles. The summed E-state index contributed by atoms with van der Waals surface area (Å²) in [4.78, 5) is 1.26. The SMILES string of the molecule is CC.CC.CC1C2CNCC12.CSc1ccc(-c2ccc(O)cc2)cc1. The van der Waals surface area contributed by atoms with Crippen LogP contribution >= 0.6 is 11.8 Å². The van der Waals surface area contributed by atoms with E-state index >= 15 is 0 Å². The van der Waals surface area contributed by atoms with Crippen LogP contribution in [0.3, 0.4) is 0 Å². The Balaban J connectivity index is 0.000000255. The molecule has 0 spiro atoms. The van der Waals surface area contributed by atoms with Crippen LogP contribution < -0.4 is 5.32 Å². The van der Waals surface area contributed by atoms with Crippen LogP contribution in [0.5, 0.6) is 5.75 Å². The first kappa shape index (κ1) is 22.6. The summed E-state index contributed by atoms with van der Waals surface area (Å²) >= 11 is 1.74.